The Morgan fingerprint density at radius 3 is 2.48 bits per heavy atom. The van der Waals surface area contributed by atoms with Gasteiger partial charge in [0, 0.05) is 12.1 Å². The zero-order valence-corrected chi connectivity index (χ0v) is 13.2. The molecule has 7 nitrogen and oxygen atoms in total. The Kier molecular flexibility index (Phi) is 6.98. The molecule has 1 saturated carbocycles. The largest absolute Gasteiger partial charge is 0.468 e. The number of hydrogen-bond acceptors (Lipinski definition) is 3. The molecule has 2 atom stereocenters. The van der Waals surface area contributed by atoms with Crippen molar-refractivity contribution in [3.63, 3.8) is 0 Å². The number of ether oxygens (including phenoxy) is 1. The van der Waals surface area contributed by atoms with Gasteiger partial charge in [0.15, 0.2) is 0 Å². The van der Waals surface area contributed by atoms with Crippen molar-refractivity contribution in [2.24, 2.45) is 10.9 Å². The molecule has 0 heterocycles. The van der Waals surface area contributed by atoms with E-state index in [0.717, 1.165) is 19.3 Å². The molecule has 0 aromatic carbocycles. The lowest BCUT2D eigenvalue weighted by Gasteiger charge is -2.29. The van der Waals surface area contributed by atoms with E-state index in [1.165, 1.54) is 13.5 Å². The second kappa shape index (κ2) is 8.49. The summed E-state index contributed by atoms with van der Waals surface area (Å²) >= 11 is 0. The molecule has 4 amide bonds. The number of methoxy groups -OCH3 is 1. The van der Waals surface area contributed by atoms with Gasteiger partial charge in [-0.05, 0) is 32.6 Å². The standard InChI is InChI=1S/C14H26N4O3/c1-9(2)15-12(19)17-14(21-4)18-13(20)16-11-8-6-5-7-10(11)3/h9-11H,5-8H2,1-4H3,(H3,15,16,17,18,19,20). The van der Waals surface area contributed by atoms with Crippen LogP contribution in [0.15, 0.2) is 4.99 Å². The summed E-state index contributed by atoms with van der Waals surface area (Å²) in [5.41, 5.74) is 0. The molecular formula is C14H26N4O3. The Balaban J connectivity index is 2.50. The van der Waals surface area contributed by atoms with E-state index in [9.17, 15) is 9.59 Å². The van der Waals surface area contributed by atoms with Crippen molar-refractivity contribution in [2.45, 2.75) is 58.5 Å². The van der Waals surface area contributed by atoms with E-state index >= 15 is 0 Å². The van der Waals surface area contributed by atoms with Crippen molar-refractivity contribution in [3.05, 3.63) is 0 Å². The maximum absolute atomic E-state index is 11.9. The van der Waals surface area contributed by atoms with E-state index in [0.29, 0.717) is 5.92 Å². The van der Waals surface area contributed by atoms with Crippen LogP contribution in [0.4, 0.5) is 9.59 Å². The first-order chi connectivity index (χ1) is 9.92. The van der Waals surface area contributed by atoms with Gasteiger partial charge in [-0.2, -0.15) is 0 Å². The van der Waals surface area contributed by atoms with Crippen LogP contribution < -0.4 is 16.0 Å². The Bertz CT molecular complexity index is 396. The fourth-order valence-electron chi connectivity index (χ4n) is 2.33. The van der Waals surface area contributed by atoms with Crippen LogP contribution in [0, 0.1) is 5.92 Å². The van der Waals surface area contributed by atoms with Crippen LogP contribution in [0.3, 0.4) is 0 Å². The summed E-state index contributed by atoms with van der Waals surface area (Å²) in [6, 6.07) is -0.938. The number of amidine groups is 1. The highest BCUT2D eigenvalue weighted by Gasteiger charge is 2.23. The first-order valence-corrected chi connectivity index (χ1v) is 7.43. The summed E-state index contributed by atoms with van der Waals surface area (Å²) in [5.74, 6) is 0.455. The lowest BCUT2D eigenvalue weighted by molar-refractivity contribution is 0.223. The number of nitrogens with one attached hydrogen (secondary N) is 3. The van der Waals surface area contributed by atoms with Gasteiger partial charge in [-0.1, -0.05) is 19.8 Å². The average Bonchev–Trinajstić information content (AvgIpc) is 2.39. The third-order valence-corrected chi connectivity index (χ3v) is 3.46. The minimum absolute atomic E-state index is 0.0312. The van der Waals surface area contributed by atoms with Crippen LogP contribution in [0.5, 0.6) is 0 Å². The summed E-state index contributed by atoms with van der Waals surface area (Å²) in [7, 11) is 1.35. The molecule has 1 aliphatic rings. The van der Waals surface area contributed by atoms with Crippen LogP contribution in [-0.4, -0.2) is 37.3 Å². The van der Waals surface area contributed by atoms with Crippen LogP contribution in [0.1, 0.15) is 46.5 Å². The van der Waals surface area contributed by atoms with Crippen LogP contribution >= 0.6 is 0 Å². The molecule has 7 heteroatoms. The van der Waals surface area contributed by atoms with E-state index in [4.69, 9.17) is 4.74 Å². The van der Waals surface area contributed by atoms with Gasteiger partial charge >= 0.3 is 18.1 Å². The first kappa shape index (κ1) is 17.3. The third kappa shape index (κ3) is 6.46. The predicted octanol–water partition coefficient (Wildman–Crippen LogP) is 1.98. The number of rotatable bonds is 2. The highest BCUT2D eigenvalue weighted by Crippen LogP contribution is 2.23. The lowest BCUT2D eigenvalue weighted by atomic mass is 9.86. The van der Waals surface area contributed by atoms with Crippen molar-refractivity contribution in [2.75, 3.05) is 7.11 Å². The molecule has 0 aromatic rings. The maximum atomic E-state index is 11.9. The zero-order valence-electron chi connectivity index (χ0n) is 13.2. The highest BCUT2D eigenvalue weighted by atomic mass is 16.5. The monoisotopic (exact) mass is 298 g/mol. The fourth-order valence-corrected chi connectivity index (χ4v) is 2.33. The summed E-state index contributed by atoms with van der Waals surface area (Å²) in [6.45, 7) is 5.78. The summed E-state index contributed by atoms with van der Waals surface area (Å²) in [5, 5.41) is 7.95. The number of hydrogen-bond donors (Lipinski definition) is 3. The normalized spacial score (nSPS) is 22.6. The summed E-state index contributed by atoms with van der Waals surface area (Å²) in [6.07, 6.45) is 4.42. The van der Waals surface area contributed by atoms with Gasteiger partial charge in [-0.25, -0.2) is 9.59 Å². The fraction of sp³-hybridized carbons (Fsp3) is 0.786. The molecule has 1 aliphatic carbocycles. The van der Waals surface area contributed by atoms with Gasteiger partial charge in [0.05, 0.1) is 7.11 Å². The number of carbonyl (C=O) groups excluding carboxylic acids is 2. The topological polar surface area (TPSA) is 91.8 Å². The quantitative estimate of drug-likeness (QED) is 0.537. The van der Waals surface area contributed by atoms with Gasteiger partial charge in [0.1, 0.15) is 0 Å². The summed E-state index contributed by atoms with van der Waals surface area (Å²) in [4.78, 5) is 27.1. The number of amides is 4. The molecular weight excluding hydrogens is 272 g/mol. The molecule has 0 aliphatic heterocycles. The van der Waals surface area contributed by atoms with Gasteiger partial charge in [-0.15, -0.1) is 4.99 Å². The smallest absolute Gasteiger partial charge is 0.345 e. The second-order valence-electron chi connectivity index (χ2n) is 5.69. The van der Waals surface area contributed by atoms with Crippen molar-refractivity contribution < 1.29 is 14.3 Å². The van der Waals surface area contributed by atoms with Gasteiger partial charge in [0.2, 0.25) is 0 Å². The number of nitrogens with zero attached hydrogens (tertiary/aromatic N) is 1. The van der Waals surface area contributed by atoms with Crippen molar-refractivity contribution in [3.8, 4) is 0 Å². The highest BCUT2D eigenvalue weighted by molar-refractivity contribution is 5.98. The van der Waals surface area contributed by atoms with E-state index in [1.807, 2.05) is 13.8 Å². The number of aliphatic imine (C=N–C) groups is 1. The van der Waals surface area contributed by atoms with Crippen molar-refractivity contribution in [1.82, 2.24) is 16.0 Å². The lowest BCUT2D eigenvalue weighted by Crippen LogP contribution is -2.48. The van der Waals surface area contributed by atoms with E-state index in [2.05, 4.69) is 27.9 Å². The predicted molar refractivity (Wildman–Crippen MR) is 81.2 cm³/mol. The van der Waals surface area contributed by atoms with Gasteiger partial charge in [0.25, 0.3) is 0 Å². The Hall–Kier alpha value is -1.79. The Morgan fingerprint density at radius 1 is 1.24 bits per heavy atom. The molecule has 0 radical (unpaired) electrons. The van der Waals surface area contributed by atoms with E-state index < -0.39 is 12.1 Å². The zero-order chi connectivity index (χ0) is 15.8. The molecule has 0 bridgehead atoms. The Labute approximate surface area is 125 Å². The molecule has 0 aromatic heterocycles. The SMILES string of the molecule is COC(=NC(=O)NC(C)C)NC(=O)NC1CCCCC1C. The molecule has 0 saturated heterocycles. The minimum atomic E-state index is -0.548. The number of urea groups is 2. The van der Waals surface area contributed by atoms with Crippen molar-refractivity contribution in [1.29, 1.82) is 0 Å². The summed E-state index contributed by atoms with van der Waals surface area (Å²) < 4.78 is 4.91. The first-order valence-electron chi connectivity index (χ1n) is 7.43. The Morgan fingerprint density at radius 2 is 1.90 bits per heavy atom. The van der Waals surface area contributed by atoms with Crippen LogP contribution in [0.25, 0.3) is 0 Å². The van der Waals surface area contributed by atoms with Gasteiger partial charge < -0.3 is 15.4 Å². The van der Waals surface area contributed by atoms with Crippen molar-refractivity contribution >= 4 is 18.1 Å². The van der Waals surface area contributed by atoms with Crippen LogP contribution in [0.2, 0.25) is 0 Å². The van der Waals surface area contributed by atoms with Crippen LogP contribution in [-0.2, 0) is 4.74 Å². The molecule has 0 spiro atoms. The number of carbonyl (C=O) groups is 2. The minimum Gasteiger partial charge on any atom is -0.468 e. The van der Waals surface area contributed by atoms with E-state index in [1.54, 1.807) is 0 Å². The molecule has 21 heavy (non-hydrogen) atoms. The maximum Gasteiger partial charge on any atom is 0.345 e. The third-order valence-electron chi connectivity index (χ3n) is 3.46. The molecule has 120 valence electrons. The van der Waals surface area contributed by atoms with Gasteiger partial charge in [-0.3, -0.25) is 5.32 Å². The molecule has 1 rings (SSSR count). The van der Waals surface area contributed by atoms with E-state index in [-0.39, 0.29) is 18.1 Å². The molecule has 1 fully saturated rings. The average molecular weight is 298 g/mol. The second-order valence-corrected chi connectivity index (χ2v) is 5.69. The molecule has 2 unspecified atom stereocenters. The molecule has 3 N–H and O–H groups in total.